The lowest BCUT2D eigenvalue weighted by molar-refractivity contribution is 0.363. The van der Waals surface area contributed by atoms with Gasteiger partial charge < -0.3 is 5.73 Å². The van der Waals surface area contributed by atoms with Crippen molar-refractivity contribution in [1.82, 2.24) is 0 Å². The van der Waals surface area contributed by atoms with Gasteiger partial charge in [0.2, 0.25) is 0 Å². The molecule has 1 aliphatic carbocycles. The van der Waals surface area contributed by atoms with E-state index in [1.54, 1.807) is 0 Å². The molecule has 0 heterocycles. The summed E-state index contributed by atoms with van der Waals surface area (Å²) >= 11 is 0. The molecule has 2 rings (SSSR count). The fourth-order valence-electron chi connectivity index (χ4n) is 2.67. The fraction of sp³-hybridized carbons (Fsp3) is 0.571. The standard InChI is InChI=1S/C14H19F2N/c15-12-5-6-13(16)11(9-12)10-14(17)7-3-1-2-4-8-14/h5-6,9H,1-4,7-8,10,17H2. The molecule has 0 saturated heterocycles. The van der Waals surface area contributed by atoms with E-state index in [1.165, 1.54) is 25.0 Å². The van der Waals surface area contributed by atoms with Crippen molar-refractivity contribution in [2.24, 2.45) is 5.73 Å². The van der Waals surface area contributed by atoms with Crippen molar-refractivity contribution in [1.29, 1.82) is 0 Å². The van der Waals surface area contributed by atoms with Crippen LogP contribution in [0.2, 0.25) is 0 Å². The molecule has 1 fully saturated rings. The van der Waals surface area contributed by atoms with Crippen molar-refractivity contribution >= 4 is 0 Å². The second kappa shape index (κ2) is 5.13. The fourth-order valence-corrected chi connectivity index (χ4v) is 2.67. The first-order valence-electron chi connectivity index (χ1n) is 6.32. The summed E-state index contributed by atoms with van der Waals surface area (Å²) in [5, 5.41) is 0. The zero-order valence-electron chi connectivity index (χ0n) is 10.0. The summed E-state index contributed by atoms with van der Waals surface area (Å²) in [6.45, 7) is 0. The van der Waals surface area contributed by atoms with Crippen LogP contribution in [-0.2, 0) is 6.42 Å². The average molecular weight is 239 g/mol. The SMILES string of the molecule is NC1(Cc2cc(F)ccc2F)CCCCCC1. The molecule has 1 aliphatic rings. The Morgan fingerprint density at radius 1 is 1.06 bits per heavy atom. The molecule has 0 unspecified atom stereocenters. The minimum Gasteiger partial charge on any atom is -0.325 e. The first kappa shape index (κ1) is 12.5. The predicted octanol–water partition coefficient (Wildman–Crippen LogP) is 3.56. The maximum Gasteiger partial charge on any atom is 0.126 e. The van der Waals surface area contributed by atoms with Gasteiger partial charge in [-0.3, -0.25) is 0 Å². The largest absolute Gasteiger partial charge is 0.325 e. The summed E-state index contributed by atoms with van der Waals surface area (Å²) in [5.74, 6) is -0.737. The maximum atomic E-state index is 13.6. The highest BCUT2D eigenvalue weighted by Gasteiger charge is 2.27. The molecule has 3 heteroatoms. The summed E-state index contributed by atoms with van der Waals surface area (Å²) in [6.07, 6.45) is 6.83. The molecule has 0 atom stereocenters. The number of rotatable bonds is 2. The molecule has 0 aromatic heterocycles. The van der Waals surface area contributed by atoms with Crippen molar-refractivity contribution in [3.8, 4) is 0 Å². The van der Waals surface area contributed by atoms with Gasteiger partial charge >= 0.3 is 0 Å². The number of halogens is 2. The van der Waals surface area contributed by atoms with Crippen LogP contribution < -0.4 is 5.73 Å². The van der Waals surface area contributed by atoms with Crippen LogP contribution in [0.5, 0.6) is 0 Å². The first-order valence-corrected chi connectivity index (χ1v) is 6.32. The Labute approximate surface area is 101 Å². The summed E-state index contributed by atoms with van der Waals surface area (Å²) in [5.41, 5.74) is 6.38. The number of hydrogen-bond acceptors (Lipinski definition) is 1. The normalized spacial score (nSPS) is 19.9. The van der Waals surface area contributed by atoms with E-state index < -0.39 is 5.82 Å². The van der Waals surface area contributed by atoms with E-state index in [2.05, 4.69) is 0 Å². The van der Waals surface area contributed by atoms with Gasteiger partial charge in [-0.1, -0.05) is 25.7 Å². The lowest BCUT2D eigenvalue weighted by Gasteiger charge is -2.28. The van der Waals surface area contributed by atoms with Gasteiger partial charge in [-0.25, -0.2) is 8.78 Å². The maximum absolute atomic E-state index is 13.6. The molecule has 1 aromatic carbocycles. The molecule has 0 aliphatic heterocycles. The van der Waals surface area contributed by atoms with Gasteiger partial charge in [0, 0.05) is 5.54 Å². The molecule has 94 valence electrons. The van der Waals surface area contributed by atoms with Crippen LogP contribution in [0.4, 0.5) is 8.78 Å². The molecule has 0 radical (unpaired) electrons. The Morgan fingerprint density at radius 3 is 2.35 bits per heavy atom. The van der Waals surface area contributed by atoms with Crippen LogP contribution in [0.15, 0.2) is 18.2 Å². The Hall–Kier alpha value is -0.960. The van der Waals surface area contributed by atoms with E-state index in [-0.39, 0.29) is 11.4 Å². The van der Waals surface area contributed by atoms with E-state index in [9.17, 15) is 8.78 Å². The van der Waals surface area contributed by atoms with E-state index in [0.29, 0.717) is 12.0 Å². The van der Waals surface area contributed by atoms with Crippen molar-refractivity contribution in [2.45, 2.75) is 50.5 Å². The Morgan fingerprint density at radius 2 is 1.71 bits per heavy atom. The smallest absolute Gasteiger partial charge is 0.126 e. The molecule has 1 aromatic rings. The van der Waals surface area contributed by atoms with Crippen molar-refractivity contribution in [3.63, 3.8) is 0 Å². The van der Waals surface area contributed by atoms with Crippen LogP contribution in [-0.4, -0.2) is 5.54 Å². The van der Waals surface area contributed by atoms with Gasteiger partial charge in [0.25, 0.3) is 0 Å². The highest BCUT2D eigenvalue weighted by molar-refractivity contribution is 5.21. The molecule has 0 spiro atoms. The summed E-state index contributed by atoms with van der Waals surface area (Å²) in [7, 11) is 0. The van der Waals surface area contributed by atoms with Gasteiger partial charge in [0.1, 0.15) is 11.6 Å². The topological polar surface area (TPSA) is 26.0 Å². The van der Waals surface area contributed by atoms with E-state index >= 15 is 0 Å². The molecule has 1 saturated carbocycles. The summed E-state index contributed by atoms with van der Waals surface area (Å²) in [4.78, 5) is 0. The van der Waals surface area contributed by atoms with Crippen LogP contribution in [0.3, 0.4) is 0 Å². The molecular formula is C14H19F2N. The zero-order valence-corrected chi connectivity index (χ0v) is 10.0. The minimum atomic E-state index is -0.390. The van der Waals surface area contributed by atoms with E-state index in [4.69, 9.17) is 5.73 Å². The lowest BCUT2D eigenvalue weighted by Crippen LogP contribution is -2.41. The first-order chi connectivity index (χ1) is 8.09. The molecule has 0 bridgehead atoms. The highest BCUT2D eigenvalue weighted by Crippen LogP contribution is 2.29. The zero-order chi connectivity index (χ0) is 12.3. The van der Waals surface area contributed by atoms with Crippen LogP contribution >= 0.6 is 0 Å². The Balaban J connectivity index is 2.15. The van der Waals surface area contributed by atoms with Crippen LogP contribution in [0.1, 0.15) is 44.1 Å². The van der Waals surface area contributed by atoms with Crippen molar-refractivity contribution < 1.29 is 8.78 Å². The molecule has 2 N–H and O–H groups in total. The van der Waals surface area contributed by atoms with Gasteiger partial charge in [0.05, 0.1) is 0 Å². The second-order valence-corrected chi connectivity index (χ2v) is 5.19. The quantitative estimate of drug-likeness (QED) is 0.785. The second-order valence-electron chi connectivity index (χ2n) is 5.19. The van der Waals surface area contributed by atoms with Crippen LogP contribution in [0, 0.1) is 11.6 Å². The summed E-state index contributed by atoms with van der Waals surface area (Å²) in [6, 6.07) is 3.61. The lowest BCUT2D eigenvalue weighted by atomic mass is 9.85. The number of hydrogen-bond donors (Lipinski definition) is 1. The Kier molecular flexibility index (Phi) is 3.77. The summed E-state index contributed by atoms with van der Waals surface area (Å²) < 4.78 is 26.7. The Bertz CT molecular complexity index is 382. The third-order valence-electron chi connectivity index (χ3n) is 3.65. The van der Waals surface area contributed by atoms with Crippen molar-refractivity contribution in [2.75, 3.05) is 0 Å². The third-order valence-corrected chi connectivity index (χ3v) is 3.65. The van der Waals surface area contributed by atoms with Gasteiger partial charge in [-0.15, -0.1) is 0 Å². The van der Waals surface area contributed by atoms with E-state index in [1.807, 2.05) is 0 Å². The highest BCUT2D eigenvalue weighted by atomic mass is 19.1. The number of benzene rings is 1. The van der Waals surface area contributed by atoms with Crippen molar-refractivity contribution in [3.05, 3.63) is 35.4 Å². The molecule has 17 heavy (non-hydrogen) atoms. The predicted molar refractivity (Wildman–Crippen MR) is 64.7 cm³/mol. The minimum absolute atomic E-state index is 0.347. The van der Waals surface area contributed by atoms with E-state index in [0.717, 1.165) is 31.7 Å². The van der Waals surface area contributed by atoms with Gasteiger partial charge in [-0.05, 0) is 43.0 Å². The molecule has 1 nitrogen and oxygen atoms in total. The third kappa shape index (κ3) is 3.25. The van der Waals surface area contributed by atoms with Gasteiger partial charge in [-0.2, -0.15) is 0 Å². The van der Waals surface area contributed by atoms with Gasteiger partial charge in [0.15, 0.2) is 0 Å². The monoisotopic (exact) mass is 239 g/mol. The molecule has 0 amide bonds. The number of nitrogens with two attached hydrogens (primary N) is 1. The van der Waals surface area contributed by atoms with Crippen LogP contribution in [0.25, 0.3) is 0 Å². The molecular weight excluding hydrogens is 220 g/mol. The average Bonchev–Trinajstić information content (AvgIpc) is 2.49.